The van der Waals surface area contributed by atoms with Crippen molar-refractivity contribution in [2.75, 3.05) is 4.90 Å². The fourth-order valence-corrected chi connectivity index (χ4v) is 10.3. The van der Waals surface area contributed by atoms with E-state index >= 15 is 0 Å². The summed E-state index contributed by atoms with van der Waals surface area (Å²) in [5.74, 6) is 0. The highest BCUT2D eigenvalue weighted by Crippen LogP contribution is 2.51. The minimum absolute atomic E-state index is 0.0522. The summed E-state index contributed by atoms with van der Waals surface area (Å²) in [6.07, 6.45) is 0. The largest absolute Gasteiger partial charge is 0.456 e. The highest BCUT2D eigenvalue weighted by Gasteiger charge is 2.36. The Labute approximate surface area is 361 Å². The molecule has 1 aliphatic carbocycles. The maximum atomic E-state index is 6.27. The predicted octanol–water partition coefficient (Wildman–Crippen LogP) is 16.9. The first-order valence-electron chi connectivity index (χ1n) is 21.5. The lowest BCUT2D eigenvalue weighted by atomic mass is 9.81. The number of nitrogens with zero attached hydrogens (tertiary/aromatic N) is 1. The van der Waals surface area contributed by atoms with Crippen molar-refractivity contribution in [3.05, 3.63) is 210 Å². The molecule has 0 saturated heterocycles. The van der Waals surface area contributed by atoms with Gasteiger partial charge in [-0.15, -0.1) is 0 Å². The molecule has 12 rings (SSSR count). The van der Waals surface area contributed by atoms with Gasteiger partial charge >= 0.3 is 0 Å². The van der Waals surface area contributed by atoms with Crippen molar-refractivity contribution in [2.24, 2.45) is 0 Å². The summed E-state index contributed by atoms with van der Waals surface area (Å²) in [4.78, 5) is 2.37. The molecule has 62 heavy (non-hydrogen) atoms. The van der Waals surface area contributed by atoms with Crippen LogP contribution in [0.5, 0.6) is 0 Å². The molecule has 0 unspecified atom stereocenters. The zero-order valence-electron chi connectivity index (χ0n) is 35.2. The summed E-state index contributed by atoms with van der Waals surface area (Å²) in [5, 5.41) is 4.54. The normalized spacial score (nSPS) is 13.0. The monoisotopic (exact) mass is 797 g/mol. The molecular formula is C59H43NO2. The Balaban J connectivity index is 0.981. The van der Waals surface area contributed by atoms with Gasteiger partial charge in [0.25, 0.3) is 0 Å². The standard InChI is InChI=1S/C59H43NO2/c1-36-32-37(2)56-49-35-41(26-31-50(49)59(3,4)51(56)33-36)40-12-9-13-44(34-40)60(42-27-22-38(23-28-42)45-16-10-20-54-57(45)47-14-5-7-18-52(47)61-54)43-29-24-39(25-30-43)46-17-11-21-55-58(46)48-15-6-8-19-53(48)62-55/h5-35H,1-4H3. The Kier molecular flexibility index (Phi) is 8.01. The SMILES string of the molecule is Cc1cc(C)c2c(c1)C(C)(C)c1ccc(-c3cccc(N(c4ccc(-c5cccc6oc7ccccc7c56)cc4)c4ccc(-c5cccc6oc7ccccc7c56)cc4)c3)cc1-2. The second kappa shape index (κ2) is 13.7. The molecule has 0 amide bonds. The van der Waals surface area contributed by atoms with Crippen LogP contribution in [0, 0.1) is 13.8 Å². The van der Waals surface area contributed by atoms with Gasteiger partial charge in [-0.3, -0.25) is 0 Å². The number of hydrogen-bond acceptors (Lipinski definition) is 3. The summed E-state index contributed by atoms with van der Waals surface area (Å²) in [6, 6.07) is 68.0. The van der Waals surface area contributed by atoms with Gasteiger partial charge in [-0.25, -0.2) is 0 Å². The zero-order valence-corrected chi connectivity index (χ0v) is 35.2. The molecule has 0 aliphatic heterocycles. The number of anilines is 3. The van der Waals surface area contributed by atoms with E-state index in [-0.39, 0.29) is 5.41 Å². The molecule has 0 radical (unpaired) electrons. The highest BCUT2D eigenvalue weighted by atomic mass is 16.3. The third-order valence-corrected chi connectivity index (χ3v) is 13.2. The Hall–Kier alpha value is -7.62. The second-order valence-corrected chi connectivity index (χ2v) is 17.4. The molecule has 9 aromatic carbocycles. The quantitative estimate of drug-likeness (QED) is 0.168. The van der Waals surface area contributed by atoms with Crippen LogP contribution in [0.1, 0.15) is 36.1 Å². The number of rotatable bonds is 6. The molecule has 11 aromatic rings. The van der Waals surface area contributed by atoms with E-state index in [4.69, 9.17) is 8.83 Å². The Bertz CT molecular complexity index is 3410. The van der Waals surface area contributed by atoms with Crippen LogP contribution in [0.2, 0.25) is 0 Å². The van der Waals surface area contributed by atoms with Crippen LogP contribution >= 0.6 is 0 Å². The molecule has 3 nitrogen and oxygen atoms in total. The second-order valence-electron chi connectivity index (χ2n) is 17.4. The van der Waals surface area contributed by atoms with Crippen molar-refractivity contribution in [3.63, 3.8) is 0 Å². The molecule has 0 saturated carbocycles. The smallest absolute Gasteiger partial charge is 0.136 e. The minimum atomic E-state index is -0.0522. The number of benzene rings is 9. The third-order valence-electron chi connectivity index (χ3n) is 13.2. The van der Waals surface area contributed by atoms with Crippen LogP contribution in [0.15, 0.2) is 197 Å². The summed E-state index contributed by atoms with van der Waals surface area (Å²) >= 11 is 0. The maximum Gasteiger partial charge on any atom is 0.136 e. The van der Waals surface area contributed by atoms with E-state index in [2.05, 4.69) is 196 Å². The number of aryl methyl sites for hydroxylation is 2. The van der Waals surface area contributed by atoms with Crippen LogP contribution in [0.4, 0.5) is 17.1 Å². The number of hydrogen-bond donors (Lipinski definition) is 0. The average Bonchev–Trinajstić information content (AvgIpc) is 3.95. The Morgan fingerprint density at radius 2 is 0.903 bits per heavy atom. The Morgan fingerprint density at radius 3 is 1.50 bits per heavy atom. The van der Waals surface area contributed by atoms with Gasteiger partial charge in [0.15, 0.2) is 0 Å². The fraction of sp³-hybridized carbons (Fsp3) is 0.0847. The van der Waals surface area contributed by atoms with E-state index in [1.807, 2.05) is 24.3 Å². The number of para-hydroxylation sites is 2. The maximum absolute atomic E-state index is 6.27. The van der Waals surface area contributed by atoms with Crippen LogP contribution in [0.3, 0.4) is 0 Å². The van der Waals surface area contributed by atoms with Gasteiger partial charge in [0.1, 0.15) is 22.3 Å². The fourth-order valence-electron chi connectivity index (χ4n) is 10.3. The Morgan fingerprint density at radius 1 is 0.387 bits per heavy atom. The molecule has 2 aromatic heterocycles. The van der Waals surface area contributed by atoms with E-state index in [1.54, 1.807) is 0 Å². The first-order valence-corrected chi connectivity index (χ1v) is 21.5. The van der Waals surface area contributed by atoms with E-state index < -0.39 is 0 Å². The third kappa shape index (κ3) is 5.58. The van der Waals surface area contributed by atoms with Gasteiger partial charge in [-0.1, -0.05) is 141 Å². The molecule has 2 heterocycles. The van der Waals surface area contributed by atoms with Crippen molar-refractivity contribution >= 4 is 60.9 Å². The molecule has 1 aliphatic rings. The van der Waals surface area contributed by atoms with Crippen LogP contribution in [-0.4, -0.2) is 0 Å². The van der Waals surface area contributed by atoms with Gasteiger partial charge in [0.2, 0.25) is 0 Å². The molecule has 0 spiro atoms. The zero-order chi connectivity index (χ0) is 41.7. The van der Waals surface area contributed by atoms with Crippen molar-refractivity contribution in [3.8, 4) is 44.5 Å². The molecule has 0 N–H and O–H groups in total. The van der Waals surface area contributed by atoms with Gasteiger partial charge in [0, 0.05) is 44.0 Å². The summed E-state index contributed by atoms with van der Waals surface area (Å²) in [5.41, 5.74) is 21.9. The lowest BCUT2D eigenvalue weighted by molar-refractivity contribution is 0.659. The van der Waals surface area contributed by atoms with Crippen molar-refractivity contribution in [2.45, 2.75) is 33.1 Å². The lowest BCUT2D eigenvalue weighted by Gasteiger charge is -2.26. The van der Waals surface area contributed by atoms with Crippen LogP contribution in [0.25, 0.3) is 88.4 Å². The summed E-state index contributed by atoms with van der Waals surface area (Å²) in [6.45, 7) is 9.19. The lowest BCUT2D eigenvalue weighted by Crippen LogP contribution is -2.15. The summed E-state index contributed by atoms with van der Waals surface area (Å²) in [7, 11) is 0. The molecule has 0 atom stereocenters. The van der Waals surface area contributed by atoms with Gasteiger partial charge in [-0.2, -0.15) is 0 Å². The molecule has 3 heteroatoms. The van der Waals surface area contributed by atoms with Crippen molar-refractivity contribution in [1.29, 1.82) is 0 Å². The van der Waals surface area contributed by atoms with Crippen molar-refractivity contribution in [1.82, 2.24) is 0 Å². The van der Waals surface area contributed by atoms with E-state index in [1.165, 1.54) is 44.5 Å². The van der Waals surface area contributed by atoms with Crippen LogP contribution < -0.4 is 4.90 Å². The van der Waals surface area contributed by atoms with Gasteiger partial charge in [0.05, 0.1) is 0 Å². The van der Waals surface area contributed by atoms with E-state index in [9.17, 15) is 0 Å². The predicted molar refractivity (Wildman–Crippen MR) is 259 cm³/mol. The molecule has 0 fully saturated rings. The van der Waals surface area contributed by atoms with Gasteiger partial charge < -0.3 is 13.7 Å². The average molecular weight is 798 g/mol. The van der Waals surface area contributed by atoms with Gasteiger partial charge in [-0.05, 0) is 142 Å². The summed E-state index contributed by atoms with van der Waals surface area (Å²) < 4.78 is 12.5. The van der Waals surface area contributed by atoms with Crippen molar-refractivity contribution < 1.29 is 8.83 Å². The molecule has 0 bridgehead atoms. The number of fused-ring (bicyclic) bond motifs is 9. The van der Waals surface area contributed by atoms with E-state index in [0.29, 0.717) is 0 Å². The molecular weight excluding hydrogens is 755 g/mol. The number of furan rings is 2. The highest BCUT2D eigenvalue weighted by molar-refractivity contribution is 6.13. The first kappa shape index (κ1) is 36.2. The van der Waals surface area contributed by atoms with E-state index in [0.717, 1.165) is 83.2 Å². The van der Waals surface area contributed by atoms with Crippen LogP contribution in [-0.2, 0) is 5.41 Å². The minimum Gasteiger partial charge on any atom is -0.456 e. The molecule has 296 valence electrons. The first-order chi connectivity index (χ1) is 30.3. The topological polar surface area (TPSA) is 29.5 Å².